The van der Waals surface area contributed by atoms with Crippen LogP contribution in [0.5, 0.6) is 0 Å². The van der Waals surface area contributed by atoms with E-state index in [1.807, 2.05) is 0 Å². The van der Waals surface area contributed by atoms with Crippen LogP contribution in [-0.2, 0) is 28.6 Å². The van der Waals surface area contributed by atoms with Gasteiger partial charge in [-0.3, -0.25) is 9.59 Å². The Balaban J connectivity index is 3.01. The van der Waals surface area contributed by atoms with Gasteiger partial charge in [-0.1, -0.05) is 0 Å². The van der Waals surface area contributed by atoms with Gasteiger partial charge < -0.3 is 24.4 Å². The molecule has 0 spiro atoms. The molecule has 1 heterocycles. The molecule has 0 fully saturated rings. The number of esters is 2. The molecule has 3 unspecified atom stereocenters. The van der Waals surface area contributed by atoms with Crippen LogP contribution < -0.4 is 0 Å². The number of carbonyl (C=O) groups excluding carboxylic acids is 2. The summed E-state index contributed by atoms with van der Waals surface area (Å²) in [5, 5.41) is 18.1. The van der Waals surface area contributed by atoms with Crippen molar-refractivity contribution in [1.82, 2.24) is 0 Å². The number of aliphatic carboxylic acids is 1. The zero-order chi connectivity index (χ0) is 13.9. The number of carboxylic acids is 1. The maximum atomic E-state index is 10.9. The number of carboxylic acid groups (broad SMARTS) is 1. The zero-order valence-corrected chi connectivity index (χ0v) is 9.65. The average molecular weight is 260 g/mol. The largest absolute Gasteiger partial charge is 0.481 e. The summed E-state index contributed by atoms with van der Waals surface area (Å²) in [7, 11) is 0. The van der Waals surface area contributed by atoms with Crippen LogP contribution >= 0.6 is 0 Å². The van der Waals surface area contributed by atoms with Crippen LogP contribution in [0.4, 0.5) is 0 Å². The number of aliphatic hydroxyl groups is 1. The van der Waals surface area contributed by atoms with Crippen LogP contribution in [0.3, 0.4) is 0 Å². The molecule has 0 saturated heterocycles. The maximum absolute atomic E-state index is 10.9. The van der Waals surface area contributed by atoms with E-state index in [2.05, 4.69) is 4.74 Å². The number of aliphatic hydroxyl groups excluding tert-OH is 1. The first-order chi connectivity index (χ1) is 8.31. The first-order valence-electron chi connectivity index (χ1n) is 4.96. The fourth-order valence-electron chi connectivity index (χ4n) is 1.45. The van der Waals surface area contributed by atoms with Crippen molar-refractivity contribution in [2.75, 3.05) is 0 Å². The van der Waals surface area contributed by atoms with Crippen molar-refractivity contribution in [3.8, 4) is 0 Å². The van der Waals surface area contributed by atoms with Crippen LogP contribution in [-0.4, -0.2) is 46.4 Å². The molecule has 0 radical (unpaired) electrons. The van der Waals surface area contributed by atoms with Gasteiger partial charge in [0.1, 0.15) is 0 Å². The monoisotopic (exact) mass is 260 g/mol. The van der Waals surface area contributed by atoms with E-state index in [-0.39, 0.29) is 0 Å². The normalized spacial score (nSPS) is 26.6. The van der Waals surface area contributed by atoms with Crippen molar-refractivity contribution in [2.45, 2.75) is 32.2 Å². The van der Waals surface area contributed by atoms with E-state index in [9.17, 15) is 19.5 Å². The van der Waals surface area contributed by atoms with Gasteiger partial charge in [-0.2, -0.15) is 0 Å². The number of hydrogen-bond donors (Lipinski definition) is 2. The molecule has 3 atom stereocenters. The van der Waals surface area contributed by atoms with E-state index in [1.54, 1.807) is 0 Å². The van der Waals surface area contributed by atoms with Gasteiger partial charge in [0.15, 0.2) is 12.2 Å². The maximum Gasteiger partial charge on any atom is 0.349 e. The third-order valence-electron chi connectivity index (χ3n) is 2.02. The average Bonchev–Trinajstić information content (AvgIpc) is 2.19. The van der Waals surface area contributed by atoms with Gasteiger partial charge in [0.05, 0.1) is 0 Å². The van der Waals surface area contributed by atoms with Crippen LogP contribution in [0.25, 0.3) is 0 Å². The number of hydrogen-bond acceptors (Lipinski definition) is 7. The summed E-state index contributed by atoms with van der Waals surface area (Å²) in [4.78, 5) is 32.7. The molecule has 0 aliphatic carbocycles. The summed E-state index contributed by atoms with van der Waals surface area (Å²) in [6.07, 6.45) is -3.28. The molecule has 0 saturated carbocycles. The lowest BCUT2D eigenvalue weighted by atomic mass is 10.1. The van der Waals surface area contributed by atoms with Gasteiger partial charge in [0.25, 0.3) is 5.95 Å². The van der Waals surface area contributed by atoms with E-state index in [0.29, 0.717) is 0 Å². The highest BCUT2D eigenvalue weighted by Gasteiger charge is 2.44. The summed E-state index contributed by atoms with van der Waals surface area (Å²) in [6.45, 7) is 2.17. The molecule has 0 aromatic carbocycles. The Kier molecular flexibility index (Phi) is 4.13. The Bertz CT molecular complexity index is 399. The summed E-state index contributed by atoms with van der Waals surface area (Å²) in [5.41, 5.74) is 0. The molecular weight excluding hydrogens is 248 g/mol. The van der Waals surface area contributed by atoms with E-state index in [0.717, 1.165) is 19.9 Å². The molecular formula is C10H12O8. The van der Waals surface area contributed by atoms with Crippen molar-refractivity contribution in [3.05, 3.63) is 12.0 Å². The second kappa shape index (κ2) is 5.39. The molecule has 2 N–H and O–H groups in total. The van der Waals surface area contributed by atoms with Gasteiger partial charge in [-0.25, -0.2) is 4.79 Å². The standard InChI is InChI=1S/C10H12O8/c1-4(11)16-6-3-7(13)18-9(10(14)15)8(6)17-5(2)12/h3,6,8-9,13H,1-2H3,(H,14,15). The molecule has 100 valence electrons. The lowest BCUT2D eigenvalue weighted by Crippen LogP contribution is -2.50. The van der Waals surface area contributed by atoms with Crippen molar-refractivity contribution >= 4 is 17.9 Å². The zero-order valence-electron chi connectivity index (χ0n) is 9.65. The molecule has 0 aromatic heterocycles. The SMILES string of the molecule is CC(=O)OC1C=C(O)OC(C(=O)O)C1OC(C)=O. The first kappa shape index (κ1) is 13.8. The fraction of sp³-hybridized carbons (Fsp3) is 0.500. The Morgan fingerprint density at radius 3 is 2.22 bits per heavy atom. The van der Waals surface area contributed by atoms with Gasteiger partial charge in [0, 0.05) is 19.9 Å². The fourth-order valence-corrected chi connectivity index (χ4v) is 1.45. The topological polar surface area (TPSA) is 119 Å². The van der Waals surface area contributed by atoms with Crippen molar-refractivity contribution in [2.24, 2.45) is 0 Å². The number of rotatable bonds is 3. The smallest absolute Gasteiger partial charge is 0.349 e. The highest BCUT2D eigenvalue weighted by molar-refractivity contribution is 5.75. The third kappa shape index (κ3) is 3.37. The van der Waals surface area contributed by atoms with E-state index in [1.165, 1.54) is 0 Å². The van der Waals surface area contributed by atoms with Crippen LogP contribution in [0.15, 0.2) is 12.0 Å². The second-order valence-electron chi connectivity index (χ2n) is 3.53. The Labute approximate surface area is 102 Å². The number of carbonyl (C=O) groups is 3. The Morgan fingerprint density at radius 2 is 1.78 bits per heavy atom. The van der Waals surface area contributed by atoms with Gasteiger partial charge in [0.2, 0.25) is 6.10 Å². The highest BCUT2D eigenvalue weighted by atomic mass is 16.7. The molecule has 0 aromatic rings. The summed E-state index contributed by atoms with van der Waals surface area (Å²) < 4.78 is 14.1. The minimum Gasteiger partial charge on any atom is -0.481 e. The van der Waals surface area contributed by atoms with Gasteiger partial charge >= 0.3 is 17.9 Å². The van der Waals surface area contributed by atoms with Gasteiger partial charge in [-0.15, -0.1) is 0 Å². The lowest BCUT2D eigenvalue weighted by Gasteiger charge is -2.31. The molecule has 8 heteroatoms. The first-order valence-corrected chi connectivity index (χ1v) is 4.96. The van der Waals surface area contributed by atoms with Gasteiger partial charge in [-0.05, 0) is 0 Å². The lowest BCUT2D eigenvalue weighted by molar-refractivity contribution is -0.189. The minimum atomic E-state index is -1.65. The quantitative estimate of drug-likeness (QED) is 0.665. The summed E-state index contributed by atoms with van der Waals surface area (Å²) >= 11 is 0. The van der Waals surface area contributed by atoms with Crippen molar-refractivity contribution in [1.29, 1.82) is 0 Å². The molecule has 18 heavy (non-hydrogen) atoms. The Morgan fingerprint density at radius 1 is 1.22 bits per heavy atom. The molecule has 0 bridgehead atoms. The predicted octanol–water partition coefficient (Wildman–Crippen LogP) is -0.267. The summed E-state index contributed by atoms with van der Waals surface area (Å²) in [6, 6.07) is 0. The molecule has 0 amide bonds. The van der Waals surface area contributed by atoms with Crippen LogP contribution in [0, 0.1) is 0 Å². The molecule has 1 rings (SSSR count). The Hall–Kier alpha value is -2.25. The van der Waals surface area contributed by atoms with Crippen LogP contribution in [0.1, 0.15) is 13.8 Å². The predicted molar refractivity (Wildman–Crippen MR) is 54.3 cm³/mol. The van der Waals surface area contributed by atoms with E-state index >= 15 is 0 Å². The number of ether oxygens (including phenoxy) is 3. The van der Waals surface area contributed by atoms with E-state index < -0.39 is 42.2 Å². The second-order valence-corrected chi connectivity index (χ2v) is 3.53. The molecule has 1 aliphatic heterocycles. The highest BCUT2D eigenvalue weighted by Crippen LogP contribution is 2.22. The van der Waals surface area contributed by atoms with E-state index in [4.69, 9.17) is 14.6 Å². The molecule has 1 aliphatic rings. The molecule has 8 nitrogen and oxygen atoms in total. The van der Waals surface area contributed by atoms with Crippen molar-refractivity contribution in [3.63, 3.8) is 0 Å². The van der Waals surface area contributed by atoms with Crippen molar-refractivity contribution < 1.29 is 38.8 Å². The third-order valence-corrected chi connectivity index (χ3v) is 2.02. The summed E-state index contributed by atoms with van der Waals surface area (Å²) in [5.74, 6) is -3.65. The van der Waals surface area contributed by atoms with Crippen LogP contribution in [0.2, 0.25) is 0 Å². The minimum absolute atomic E-state index is 0.711.